The lowest BCUT2D eigenvalue weighted by atomic mass is 10.0. The summed E-state index contributed by atoms with van der Waals surface area (Å²) in [6.45, 7) is 10.3. The molecule has 0 aromatic heterocycles. The first-order valence-corrected chi connectivity index (χ1v) is 8.01. The fourth-order valence-electron chi connectivity index (χ4n) is 3.66. The van der Waals surface area contributed by atoms with Crippen LogP contribution in [0.2, 0.25) is 0 Å². The number of anilines is 2. The van der Waals surface area contributed by atoms with E-state index in [-0.39, 0.29) is 35.9 Å². The van der Waals surface area contributed by atoms with Gasteiger partial charge in [0, 0.05) is 0 Å². The van der Waals surface area contributed by atoms with Crippen molar-refractivity contribution in [2.24, 2.45) is 0 Å². The van der Waals surface area contributed by atoms with Crippen molar-refractivity contribution < 1.29 is 19.7 Å². The Kier molecular flexibility index (Phi) is 3.99. The van der Waals surface area contributed by atoms with E-state index >= 15 is 0 Å². The Morgan fingerprint density at radius 2 is 1.36 bits per heavy atom. The van der Waals surface area contributed by atoms with Crippen LogP contribution in [-0.4, -0.2) is 50.6 Å². The molecule has 2 saturated heterocycles. The van der Waals surface area contributed by atoms with Gasteiger partial charge in [-0.15, -0.1) is 0 Å². The van der Waals surface area contributed by atoms with E-state index in [4.69, 9.17) is 9.47 Å². The fourth-order valence-corrected chi connectivity index (χ4v) is 3.66. The molecule has 0 spiro atoms. The Hall–Kier alpha value is -1.40. The Balaban J connectivity index is 1.79. The van der Waals surface area contributed by atoms with Gasteiger partial charge in [0.2, 0.25) is 0 Å². The van der Waals surface area contributed by atoms with Crippen LogP contribution in [0.25, 0.3) is 0 Å². The maximum absolute atomic E-state index is 12.5. The highest BCUT2D eigenvalue weighted by atomic mass is 16.5. The van der Waals surface area contributed by atoms with E-state index in [9.17, 15) is 10.2 Å². The predicted molar refractivity (Wildman–Crippen MR) is 81.0 cm³/mol. The lowest BCUT2D eigenvalue weighted by molar-refractivity contribution is -0.288. The average molecular weight is 308 g/mol. The molecule has 0 bridgehead atoms. The lowest BCUT2D eigenvalue weighted by Gasteiger charge is -2.39. The van der Waals surface area contributed by atoms with Crippen molar-refractivity contribution in [1.82, 2.24) is 0 Å². The van der Waals surface area contributed by atoms with E-state index in [1.54, 1.807) is 0 Å². The number of morpholine rings is 2. The molecule has 0 N–H and O–H groups in total. The van der Waals surface area contributed by atoms with Crippen molar-refractivity contribution in [3.05, 3.63) is 0 Å². The zero-order valence-corrected chi connectivity index (χ0v) is 13.7. The molecule has 6 heteroatoms. The highest BCUT2D eigenvalue weighted by Gasteiger charge is 2.41. The molecule has 122 valence electrons. The summed E-state index contributed by atoms with van der Waals surface area (Å²) < 4.78 is 11.3. The van der Waals surface area contributed by atoms with Crippen LogP contribution in [0.3, 0.4) is 0 Å². The van der Waals surface area contributed by atoms with Gasteiger partial charge in [0.05, 0.1) is 50.6 Å². The van der Waals surface area contributed by atoms with Gasteiger partial charge >= 0.3 is 0 Å². The first-order valence-electron chi connectivity index (χ1n) is 8.01. The summed E-state index contributed by atoms with van der Waals surface area (Å²) in [6.07, 6.45) is 0.127. The van der Waals surface area contributed by atoms with Gasteiger partial charge in [-0.2, -0.15) is 0 Å². The maximum Gasteiger partial charge on any atom is 0.251 e. The fraction of sp³-hybridized carbons (Fsp3) is 0.750. The van der Waals surface area contributed by atoms with Crippen molar-refractivity contribution in [3.63, 3.8) is 0 Å². The van der Waals surface area contributed by atoms with Crippen molar-refractivity contribution in [2.45, 2.75) is 52.1 Å². The van der Waals surface area contributed by atoms with Crippen LogP contribution in [0.5, 0.6) is 11.5 Å². The summed E-state index contributed by atoms with van der Waals surface area (Å²) in [5, 5.41) is 25.1. The smallest absolute Gasteiger partial charge is 0.251 e. The topological polar surface area (TPSA) is 71.1 Å². The standard InChI is InChI=1S/C16H24N2O4/c1-9-5-17(6-10(2)21-9)13-15(19)14(16(13)20)18-7-11(3)22-12(4)8-18/h9-12H,5-8H2,1-4H3/t9-,10+,11-,12+. The zero-order chi connectivity index (χ0) is 16.0. The van der Waals surface area contributed by atoms with Crippen molar-refractivity contribution in [3.8, 4) is 11.5 Å². The molecular weight excluding hydrogens is 284 g/mol. The largest absolute Gasteiger partial charge is 0.790 e. The molecule has 1 aromatic carbocycles. The third-order valence-corrected chi connectivity index (χ3v) is 4.33. The van der Waals surface area contributed by atoms with E-state index in [0.29, 0.717) is 37.6 Å². The second-order valence-corrected chi connectivity index (χ2v) is 6.68. The third-order valence-electron chi connectivity index (χ3n) is 4.33. The van der Waals surface area contributed by atoms with Gasteiger partial charge in [0.25, 0.3) is 11.4 Å². The molecule has 2 aliphatic rings. The van der Waals surface area contributed by atoms with Crippen LogP contribution >= 0.6 is 0 Å². The van der Waals surface area contributed by atoms with Crippen molar-refractivity contribution >= 4 is 11.4 Å². The van der Waals surface area contributed by atoms with Gasteiger partial charge in [0.15, 0.2) is 11.5 Å². The number of hydrogen-bond acceptors (Lipinski definition) is 6. The van der Waals surface area contributed by atoms with E-state index in [1.807, 2.05) is 37.5 Å². The van der Waals surface area contributed by atoms with E-state index < -0.39 is 0 Å². The maximum atomic E-state index is 12.5. The SMILES string of the molecule is C[C@@H]1CN(c2c([O-])[c+](N3C[C@@H](C)O[C@@H](C)C3)[c+]2[O-])C[C@H](C)O1. The second kappa shape index (κ2) is 5.66. The molecule has 1 aromatic rings. The minimum atomic E-state index is -0.118. The van der Waals surface area contributed by atoms with E-state index in [0.717, 1.165) is 0 Å². The number of ether oxygens (including phenoxy) is 2. The molecule has 3 rings (SSSR count). The molecule has 0 amide bonds. The molecule has 2 heterocycles. The lowest BCUT2D eigenvalue weighted by Crippen LogP contribution is -2.49. The molecule has 0 unspecified atom stereocenters. The highest BCUT2D eigenvalue weighted by molar-refractivity contribution is 5.91. The summed E-state index contributed by atoms with van der Waals surface area (Å²) in [4.78, 5) is 3.78. The summed E-state index contributed by atoms with van der Waals surface area (Å²) >= 11 is 0. The first-order chi connectivity index (χ1) is 10.4. The summed E-state index contributed by atoms with van der Waals surface area (Å²) in [5.41, 5.74) is 0.674. The monoisotopic (exact) mass is 308 g/mol. The molecule has 0 saturated carbocycles. The molecule has 22 heavy (non-hydrogen) atoms. The summed E-state index contributed by atoms with van der Waals surface area (Å²) in [5.74, 6) is -0.236. The van der Waals surface area contributed by atoms with Crippen LogP contribution < -0.4 is 20.0 Å². The number of hydrogen-bond donors (Lipinski definition) is 0. The van der Waals surface area contributed by atoms with Gasteiger partial charge in [0.1, 0.15) is 0 Å². The summed E-state index contributed by atoms with van der Waals surface area (Å²) in [6, 6.07) is 0. The predicted octanol–water partition coefficient (Wildman–Crippen LogP) is 0.499. The van der Waals surface area contributed by atoms with Crippen LogP contribution in [0.4, 0.5) is 11.4 Å². The van der Waals surface area contributed by atoms with Gasteiger partial charge in [-0.1, -0.05) is 0 Å². The first kappa shape index (κ1) is 15.5. The molecule has 6 nitrogen and oxygen atoms in total. The van der Waals surface area contributed by atoms with E-state index in [2.05, 4.69) is 0 Å². The minimum Gasteiger partial charge on any atom is -0.790 e. The van der Waals surface area contributed by atoms with Gasteiger partial charge in [-0.05, 0) is 27.7 Å². The van der Waals surface area contributed by atoms with Crippen LogP contribution in [0, 0.1) is 0 Å². The average Bonchev–Trinajstić information content (AvgIpc) is 2.36. The van der Waals surface area contributed by atoms with Gasteiger partial charge < -0.3 is 19.7 Å². The second-order valence-electron chi connectivity index (χ2n) is 6.68. The third kappa shape index (κ3) is 2.65. The molecule has 4 atom stereocenters. The Labute approximate surface area is 131 Å². The van der Waals surface area contributed by atoms with Gasteiger partial charge in [-0.25, -0.2) is 0 Å². The Bertz CT molecular complexity index is 444. The highest BCUT2D eigenvalue weighted by Crippen LogP contribution is 2.53. The Morgan fingerprint density at radius 3 is 1.82 bits per heavy atom. The molecule has 0 aliphatic carbocycles. The molecule has 0 radical (unpaired) electrons. The summed E-state index contributed by atoms with van der Waals surface area (Å²) in [7, 11) is 0. The van der Waals surface area contributed by atoms with Gasteiger partial charge in [-0.3, -0.25) is 9.80 Å². The minimum absolute atomic E-state index is 0.0318. The number of nitrogens with zero attached hydrogens (tertiary/aromatic N) is 2. The van der Waals surface area contributed by atoms with Crippen LogP contribution in [-0.2, 0) is 9.47 Å². The molecular formula is C16H24N2O4. The van der Waals surface area contributed by atoms with Crippen molar-refractivity contribution in [2.75, 3.05) is 36.0 Å². The van der Waals surface area contributed by atoms with Crippen LogP contribution in [0.15, 0.2) is 0 Å². The Morgan fingerprint density at radius 1 is 0.909 bits per heavy atom. The molecule has 2 fully saturated rings. The number of rotatable bonds is 2. The zero-order valence-electron chi connectivity index (χ0n) is 13.7. The molecule has 2 aliphatic heterocycles. The van der Waals surface area contributed by atoms with Crippen molar-refractivity contribution in [1.29, 1.82) is 0 Å². The normalized spacial score (nSPS) is 33.5. The quantitative estimate of drug-likeness (QED) is 0.741. The van der Waals surface area contributed by atoms with E-state index in [1.165, 1.54) is 0 Å². The van der Waals surface area contributed by atoms with Crippen LogP contribution in [0.1, 0.15) is 27.7 Å².